The minimum atomic E-state index is 0.280. The van der Waals surface area contributed by atoms with Crippen LogP contribution in [0.2, 0.25) is 0 Å². The Balaban J connectivity index is 2.14. The summed E-state index contributed by atoms with van der Waals surface area (Å²) in [6.45, 7) is 5.24. The predicted molar refractivity (Wildman–Crippen MR) is 51.1 cm³/mol. The van der Waals surface area contributed by atoms with E-state index in [0.29, 0.717) is 0 Å². The number of azide groups is 1. The Bertz CT molecular complexity index is 239. The molecular weight excluding hydrogens is 166 g/mol. The third-order valence-electron chi connectivity index (χ3n) is 1.85. The van der Waals surface area contributed by atoms with Crippen LogP contribution in [0.25, 0.3) is 10.4 Å². The van der Waals surface area contributed by atoms with Gasteiger partial charge >= 0.3 is 0 Å². The van der Waals surface area contributed by atoms with Gasteiger partial charge in [0, 0.05) is 31.1 Å². The molecule has 70 valence electrons. The Morgan fingerprint density at radius 2 is 2.15 bits per heavy atom. The quantitative estimate of drug-likeness (QED) is 0.285. The van der Waals surface area contributed by atoms with E-state index in [1.807, 2.05) is 0 Å². The molecule has 1 rings (SSSR count). The van der Waals surface area contributed by atoms with Gasteiger partial charge in [0.05, 0.1) is 13.1 Å². The lowest BCUT2D eigenvalue weighted by atomic mass is 10.3. The zero-order valence-electron chi connectivity index (χ0n) is 7.53. The van der Waals surface area contributed by atoms with Gasteiger partial charge in [0.15, 0.2) is 0 Å². The second kappa shape index (κ2) is 6.32. The van der Waals surface area contributed by atoms with Crippen molar-refractivity contribution in [1.82, 2.24) is 10.2 Å². The van der Waals surface area contributed by atoms with Gasteiger partial charge in [-0.1, -0.05) is 17.0 Å². The number of nitrogens with one attached hydrogen (secondary N) is 1. The lowest BCUT2D eigenvalue weighted by Crippen LogP contribution is -2.43. The van der Waals surface area contributed by atoms with Gasteiger partial charge in [0.1, 0.15) is 0 Å². The molecule has 0 aromatic rings. The molecule has 0 spiro atoms. The normalized spacial score (nSPS) is 16.9. The van der Waals surface area contributed by atoms with Crippen LogP contribution >= 0.6 is 0 Å². The van der Waals surface area contributed by atoms with E-state index in [-0.39, 0.29) is 6.54 Å². The number of hydrogen-bond donors (Lipinski definition) is 1. The van der Waals surface area contributed by atoms with E-state index in [1.54, 1.807) is 0 Å². The predicted octanol–water partition coefficient (Wildman–Crippen LogP) is 0.205. The van der Waals surface area contributed by atoms with Crippen molar-refractivity contribution in [1.29, 1.82) is 0 Å². The van der Waals surface area contributed by atoms with Crippen LogP contribution in [-0.4, -0.2) is 44.2 Å². The van der Waals surface area contributed by atoms with Gasteiger partial charge in [-0.3, -0.25) is 4.90 Å². The lowest BCUT2D eigenvalue weighted by Gasteiger charge is -2.24. The van der Waals surface area contributed by atoms with Crippen LogP contribution in [0.5, 0.6) is 0 Å². The zero-order chi connectivity index (χ0) is 9.36. The Hall–Kier alpha value is -1.21. The Kier molecular flexibility index (Phi) is 4.80. The number of piperazine rings is 1. The first-order valence-electron chi connectivity index (χ1n) is 4.33. The Morgan fingerprint density at radius 1 is 1.38 bits per heavy atom. The molecule has 1 fully saturated rings. The van der Waals surface area contributed by atoms with E-state index >= 15 is 0 Å². The molecule has 0 radical (unpaired) electrons. The fraction of sp³-hybridized carbons (Fsp3) is 0.750. The molecule has 1 N–H and O–H groups in total. The van der Waals surface area contributed by atoms with Crippen LogP contribution in [-0.2, 0) is 0 Å². The standard InChI is InChI=1S/C8H13N5/c9-12-11-3-1-2-6-13-7-4-10-5-8-13/h10H,3-8H2. The van der Waals surface area contributed by atoms with E-state index in [2.05, 4.69) is 32.1 Å². The first kappa shape index (κ1) is 9.87. The van der Waals surface area contributed by atoms with Gasteiger partial charge in [-0.15, -0.1) is 0 Å². The van der Waals surface area contributed by atoms with Gasteiger partial charge in [-0.2, -0.15) is 0 Å². The van der Waals surface area contributed by atoms with Gasteiger partial charge < -0.3 is 5.32 Å². The second-order valence-corrected chi connectivity index (χ2v) is 2.77. The van der Waals surface area contributed by atoms with Crippen LogP contribution in [0.15, 0.2) is 5.11 Å². The smallest absolute Gasteiger partial charge is 0.0877 e. The molecule has 0 aromatic heterocycles. The topological polar surface area (TPSA) is 64.0 Å². The fourth-order valence-corrected chi connectivity index (χ4v) is 1.16. The van der Waals surface area contributed by atoms with Crippen molar-refractivity contribution in [2.45, 2.75) is 0 Å². The van der Waals surface area contributed by atoms with Crippen molar-refractivity contribution in [2.75, 3.05) is 39.3 Å². The summed E-state index contributed by atoms with van der Waals surface area (Å²) in [7, 11) is 0. The average molecular weight is 179 g/mol. The summed E-state index contributed by atoms with van der Waals surface area (Å²) in [6.07, 6.45) is 0. The van der Waals surface area contributed by atoms with Crippen LogP contribution in [0, 0.1) is 11.8 Å². The highest BCUT2D eigenvalue weighted by Gasteiger charge is 2.06. The highest BCUT2D eigenvalue weighted by Crippen LogP contribution is 1.89. The van der Waals surface area contributed by atoms with Gasteiger partial charge in [-0.05, 0) is 5.53 Å². The van der Waals surface area contributed by atoms with E-state index in [9.17, 15) is 0 Å². The molecule has 0 unspecified atom stereocenters. The number of rotatable bonds is 2. The molecule has 0 bridgehead atoms. The first-order chi connectivity index (χ1) is 6.43. The molecule has 1 heterocycles. The van der Waals surface area contributed by atoms with E-state index in [1.165, 1.54) is 0 Å². The first-order valence-corrected chi connectivity index (χ1v) is 4.33. The van der Waals surface area contributed by atoms with Gasteiger partial charge in [-0.25, -0.2) is 0 Å². The number of hydrogen-bond acceptors (Lipinski definition) is 3. The van der Waals surface area contributed by atoms with E-state index < -0.39 is 0 Å². The molecule has 5 nitrogen and oxygen atoms in total. The summed E-state index contributed by atoms with van der Waals surface area (Å²) in [4.78, 5) is 4.90. The summed E-state index contributed by atoms with van der Waals surface area (Å²) in [5, 5.41) is 6.60. The van der Waals surface area contributed by atoms with E-state index in [0.717, 1.165) is 32.7 Å². The zero-order valence-corrected chi connectivity index (χ0v) is 7.53. The summed E-state index contributed by atoms with van der Waals surface area (Å²) in [5.41, 5.74) is 7.99. The molecule has 0 amide bonds. The van der Waals surface area contributed by atoms with Crippen molar-refractivity contribution in [3.05, 3.63) is 10.4 Å². The fourth-order valence-electron chi connectivity index (χ4n) is 1.16. The Morgan fingerprint density at radius 3 is 2.85 bits per heavy atom. The van der Waals surface area contributed by atoms with Gasteiger partial charge in [0.25, 0.3) is 0 Å². The molecule has 1 aliphatic rings. The minimum absolute atomic E-state index is 0.280. The van der Waals surface area contributed by atoms with Crippen molar-refractivity contribution >= 4 is 0 Å². The highest BCUT2D eigenvalue weighted by atomic mass is 15.2. The average Bonchev–Trinajstić information content (AvgIpc) is 2.19. The largest absolute Gasteiger partial charge is 0.314 e. The van der Waals surface area contributed by atoms with Crippen molar-refractivity contribution in [2.24, 2.45) is 5.11 Å². The summed E-state index contributed by atoms with van der Waals surface area (Å²) in [6, 6.07) is 0. The maximum absolute atomic E-state index is 7.99. The third-order valence-corrected chi connectivity index (χ3v) is 1.85. The molecule has 1 aliphatic heterocycles. The lowest BCUT2D eigenvalue weighted by molar-refractivity contribution is 0.268. The molecule has 0 saturated carbocycles. The number of nitrogens with zero attached hydrogens (tertiary/aromatic N) is 4. The maximum atomic E-state index is 7.99. The molecule has 1 saturated heterocycles. The molecule has 13 heavy (non-hydrogen) atoms. The molecule has 5 heteroatoms. The van der Waals surface area contributed by atoms with Crippen LogP contribution in [0.4, 0.5) is 0 Å². The summed E-state index contributed by atoms with van der Waals surface area (Å²) < 4.78 is 0. The summed E-state index contributed by atoms with van der Waals surface area (Å²) >= 11 is 0. The van der Waals surface area contributed by atoms with Crippen LogP contribution < -0.4 is 5.32 Å². The molecule has 0 aliphatic carbocycles. The minimum Gasteiger partial charge on any atom is -0.314 e. The van der Waals surface area contributed by atoms with Crippen LogP contribution in [0.1, 0.15) is 0 Å². The third kappa shape index (κ3) is 4.38. The van der Waals surface area contributed by atoms with Crippen molar-refractivity contribution < 1.29 is 0 Å². The Labute approximate surface area is 77.7 Å². The highest BCUT2D eigenvalue weighted by molar-refractivity contribution is 5.03. The molecule has 0 aromatic carbocycles. The summed E-state index contributed by atoms with van der Waals surface area (Å²) in [5.74, 6) is 5.77. The van der Waals surface area contributed by atoms with Crippen molar-refractivity contribution in [3.8, 4) is 11.8 Å². The van der Waals surface area contributed by atoms with Crippen molar-refractivity contribution in [3.63, 3.8) is 0 Å². The van der Waals surface area contributed by atoms with Gasteiger partial charge in [0.2, 0.25) is 0 Å². The monoisotopic (exact) mass is 179 g/mol. The molecule has 0 atom stereocenters. The van der Waals surface area contributed by atoms with E-state index in [4.69, 9.17) is 5.53 Å². The van der Waals surface area contributed by atoms with Crippen LogP contribution in [0.3, 0.4) is 0 Å². The second-order valence-electron chi connectivity index (χ2n) is 2.77. The molecular formula is C8H13N5. The SMILES string of the molecule is [N-]=[N+]=NCC#CCN1CCNCC1. The maximum Gasteiger partial charge on any atom is 0.0877 e.